The minimum absolute atomic E-state index is 0.0291. The first-order chi connectivity index (χ1) is 8.45. The first-order valence-electron chi connectivity index (χ1n) is 5.99. The monoisotopic (exact) mass is 281 g/mol. The predicted octanol–water partition coefficient (Wildman–Crippen LogP) is 3.51. The number of thiophene rings is 1. The van der Waals surface area contributed by atoms with Gasteiger partial charge in [-0.3, -0.25) is 0 Å². The molecular weight excluding hydrogens is 262 g/mol. The van der Waals surface area contributed by atoms with Crippen LogP contribution in [0.2, 0.25) is 0 Å². The summed E-state index contributed by atoms with van der Waals surface area (Å²) in [6, 6.07) is 2.39. The highest BCUT2D eigenvalue weighted by molar-refractivity contribution is 7.10. The second-order valence-corrected chi connectivity index (χ2v) is 7.30. The highest BCUT2D eigenvalue weighted by Gasteiger charge is 2.28. The normalized spacial score (nSPS) is 13.8. The second kappa shape index (κ2) is 5.07. The van der Waals surface area contributed by atoms with Crippen LogP contribution in [0, 0.1) is 6.92 Å². The van der Waals surface area contributed by atoms with Gasteiger partial charge in [-0.1, -0.05) is 25.3 Å². The number of hydrogen-bond acceptors (Lipinski definition) is 5. The largest absolute Gasteiger partial charge is 0.309 e. The first kappa shape index (κ1) is 13.6. The summed E-state index contributed by atoms with van der Waals surface area (Å²) in [5.41, 5.74) is 2.46. The fourth-order valence-corrected chi connectivity index (χ4v) is 3.76. The molecule has 0 aliphatic carbocycles. The number of nitrogens with one attached hydrogen (secondary N) is 1. The van der Waals surface area contributed by atoms with Gasteiger partial charge in [-0.25, -0.2) is 0 Å². The molecule has 2 heterocycles. The van der Waals surface area contributed by atoms with E-state index in [1.54, 1.807) is 11.3 Å². The van der Waals surface area contributed by atoms with Gasteiger partial charge in [-0.2, -0.15) is 0 Å². The van der Waals surface area contributed by atoms with Crippen LogP contribution in [-0.4, -0.2) is 16.6 Å². The van der Waals surface area contributed by atoms with Crippen LogP contribution in [0.25, 0.3) is 0 Å². The smallest absolute Gasteiger partial charge is 0.0860 e. The molecule has 3 nitrogen and oxygen atoms in total. The number of nitrogens with zero attached hydrogens (tertiary/aromatic N) is 2. The molecule has 0 saturated heterocycles. The van der Waals surface area contributed by atoms with Crippen LogP contribution in [0.1, 0.15) is 47.8 Å². The van der Waals surface area contributed by atoms with E-state index >= 15 is 0 Å². The van der Waals surface area contributed by atoms with Crippen molar-refractivity contribution in [3.8, 4) is 0 Å². The minimum Gasteiger partial charge on any atom is -0.309 e. The maximum atomic E-state index is 4.33. The van der Waals surface area contributed by atoms with E-state index in [1.807, 2.05) is 7.05 Å². The molecule has 2 aromatic heterocycles. The molecule has 5 heteroatoms. The van der Waals surface area contributed by atoms with Crippen molar-refractivity contribution in [1.82, 2.24) is 14.9 Å². The van der Waals surface area contributed by atoms with Crippen LogP contribution < -0.4 is 5.32 Å². The van der Waals surface area contributed by atoms with Gasteiger partial charge >= 0.3 is 0 Å². The van der Waals surface area contributed by atoms with Gasteiger partial charge in [0.25, 0.3) is 0 Å². The van der Waals surface area contributed by atoms with Crippen molar-refractivity contribution < 1.29 is 0 Å². The maximum Gasteiger partial charge on any atom is 0.0860 e. The van der Waals surface area contributed by atoms with Crippen LogP contribution in [0.15, 0.2) is 11.4 Å². The Morgan fingerprint density at radius 2 is 2.06 bits per heavy atom. The second-order valence-electron chi connectivity index (χ2n) is 5.39. The van der Waals surface area contributed by atoms with Gasteiger partial charge in [0, 0.05) is 10.3 Å². The van der Waals surface area contributed by atoms with Gasteiger partial charge in [0.1, 0.15) is 0 Å². The van der Waals surface area contributed by atoms with Crippen LogP contribution in [0.4, 0.5) is 0 Å². The summed E-state index contributed by atoms with van der Waals surface area (Å²) >= 11 is 3.28. The van der Waals surface area contributed by atoms with Gasteiger partial charge in [0.2, 0.25) is 0 Å². The minimum atomic E-state index is 0.0291. The average molecular weight is 281 g/mol. The van der Waals surface area contributed by atoms with E-state index in [0.29, 0.717) is 0 Å². The van der Waals surface area contributed by atoms with Gasteiger partial charge in [0.15, 0.2) is 0 Å². The molecule has 0 spiro atoms. The van der Waals surface area contributed by atoms with Crippen molar-refractivity contribution in [3.63, 3.8) is 0 Å². The van der Waals surface area contributed by atoms with E-state index in [2.05, 4.69) is 54.0 Å². The highest BCUT2D eigenvalue weighted by Crippen LogP contribution is 2.35. The van der Waals surface area contributed by atoms with Crippen LogP contribution in [0.5, 0.6) is 0 Å². The molecule has 0 aliphatic heterocycles. The fraction of sp³-hybridized carbons (Fsp3) is 0.538. The predicted molar refractivity (Wildman–Crippen MR) is 78.6 cm³/mol. The molecule has 0 saturated carbocycles. The third-order valence-electron chi connectivity index (χ3n) is 2.98. The zero-order valence-electron chi connectivity index (χ0n) is 11.4. The lowest BCUT2D eigenvalue weighted by Crippen LogP contribution is -2.22. The molecule has 0 aromatic carbocycles. The van der Waals surface area contributed by atoms with Crippen LogP contribution in [0.3, 0.4) is 0 Å². The average Bonchev–Trinajstić information content (AvgIpc) is 2.89. The Labute approximate surface area is 116 Å². The van der Waals surface area contributed by atoms with Crippen LogP contribution >= 0.6 is 22.9 Å². The lowest BCUT2D eigenvalue weighted by atomic mass is 9.89. The van der Waals surface area contributed by atoms with Crippen molar-refractivity contribution in [2.75, 3.05) is 7.05 Å². The molecule has 0 radical (unpaired) electrons. The van der Waals surface area contributed by atoms with Crippen molar-refractivity contribution in [3.05, 3.63) is 32.5 Å². The van der Waals surface area contributed by atoms with Crippen molar-refractivity contribution in [1.29, 1.82) is 0 Å². The Morgan fingerprint density at radius 1 is 1.33 bits per heavy atom. The maximum absolute atomic E-state index is 4.33. The summed E-state index contributed by atoms with van der Waals surface area (Å²) in [4.78, 5) is 2.58. The fourth-order valence-electron chi connectivity index (χ4n) is 2.03. The summed E-state index contributed by atoms with van der Waals surface area (Å²) in [6.07, 6.45) is 0. The molecule has 2 aromatic rings. The summed E-state index contributed by atoms with van der Waals surface area (Å²) in [5, 5.41) is 9.86. The zero-order valence-corrected chi connectivity index (χ0v) is 13.1. The highest BCUT2D eigenvalue weighted by atomic mass is 32.1. The Balaban J connectivity index is 2.47. The van der Waals surface area contributed by atoms with E-state index < -0.39 is 0 Å². The van der Waals surface area contributed by atoms with Crippen molar-refractivity contribution in [2.45, 2.75) is 39.2 Å². The molecular formula is C13H19N3S2. The lowest BCUT2D eigenvalue weighted by Gasteiger charge is -2.21. The van der Waals surface area contributed by atoms with Gasteiger partial charge in [-0.15, -0.1) is 16.4 Å². The SMILES string of the molecule is CNC(c1ccsc1C)c1snnc1C(C)(C)C. The summed E-state index contributed by atoms with van der Waals surface area (Å²) in [5.74, 6) is 0. The Bertz CT molecular complexity index is 522. The third-order valence-corrected chi connectivity index (χ3v) is 4.64. The summed E-state index contributed by atoms with van der Waals surface area (Å²) in [7, 11) is 1.99. The summed E-state index contributed by atoms with van der Waals surface area (Å²) < 4.78 is 4.15. The summed E-state index contributed by atoms with van der Waals surface area (Å²) in [6.45, 7) is 8.71. The quantitative estimate of drug-likeness (QED) is 0.935. The number of rotatable bonds is 3. The molecule has 98 valence electrons. The topological polar surface area (TPSA) is 37.8 Å². The molecule has 1 N–H and O–H groups in total. The Hall–Kier alpha value is -0.780. The van der Waals surface area contributed by atoms with Crippen molar-refractivity contribution >= 4 is 22.9 Å². The molecule has 0 bridgehead atoms. The third kappa shape index (κ3) is 2.48. The number of aryl methyl sites for hydroxylation is 1. The Kier molecular flexibility index (Phi) is 3.84. The molecule has 0 aliphatic rings. The molecule has 18 heavy (non-hydrogen) atoms. The van der Waals surface area contributed by atoms with E-state index in [1.165, 1.54) is 26.9 Å². The molecule has 0 fully saturated rings. The van der Waals surface area contributed by atoms with Gasteiger partial charge in [-0.05, 0) is 42.5 Å². The van der Waals surface area contributed by atoms with Gasteiger partial charge < -0.3 is 5.32 Å². The zero-order chi connectivity index (χ0) is 13.3. The molecule has 1 unspecified atom stereocenters. The van der Waals surface area contributed by atoms with Crippen LogP contribution in [-0.2, 0) is 5.41 Å². The van der Waals surface area contributed by atoms with E-state index in [4.69, 9.17) is 0 Å². The standard InChI is InChI=1S/C13H19N3S2/c1-8-9(6-7-17-8)10(14-5)11-12(13(2,3)4)15-16-18-11/h6-7,10,14H,1-5H3. The molecule has 0 amide bonds. The first-order valence-corrected chi connectivity index (χ1v) is 7.64. The number of aromatic nitrogens is 2. The van der Waals surface area contributed by atoms with E-state index in [0.717, 1.165) is 5.69 Å². The van der Waals surface area contributed by atoms with Crippen molar-refractivity contribution in [2.24, 2.45) is 0 Å². The number of hydrogen-bond donors (Lipinski definition) is 1. The lowest BCUT2D eigenvalue weighted by molar-refractivity contribution is 0.549. The van der Waals surface area contributed by atoms with E-state index in [9.17, 15) is 0 Å². The molecule has 2 rings (SSSR count). The van der Waals surface area contributed by atoms with Gasteiger partial charge in [0.05, 0.1) is 16.6 Å². The molecule has 1 atom stereocenters. The Morgan fingerprint density at radius 3 is 2.56 bits per heavy atom. The van der Waals surface area contributed by atoms with E-state index in [-0.39, 0.29) is 11.5 Å².